The van der Waals surface area contributed by atoms with Gasteiger partial charge in [-0.25, -0.2) is 0 Å². The van der Waals surface area contributed by atoms with Crippen molar-refractivity contribution in [3.8, 4) is 0 Å². The van der Waals surface area contributed by atoms with E-state index in [1.54, 1.807) is 0 Å². The Labute approximate surface area is 128 Å². The van der Waals surface area contributed by atoms with Gasteiger partial charge in [-0.1, -0.05) is 30.7 Å². The Kier molecular flexibility index (Phi) is 5.18. The topological polar surface area (TPSA) is 29.9 Å². The molecule has 0 spiro atoms. The van der Waals surface area contributed by atoms with Crippen molar-refractivity contribution in [3.05, 3.63) is 52.3 Å². The van der Waals surface area contributed by atoms with Crippen LogP contribution in [0.15, 0.2) is 24.3 Å². The zero-order chi connectivity index (χ0) is 15.4. The highest BCUT2D eigenvalue weighted by molar-refractivity contribution is 5.37. The van der Waals surface area contributed by atoms with Crippen LogP contribution in [0.1, 0.15) is 54.4 Å². The van der Waals surface area contributed by atoms with E-state index in [1.807, 2.05) is 0 Å². The zero-order valence-electron chi connectivity index (χ0n) is 13.9. The van der Waals surface area contributed by atoms with Crippen LogP contribution in [0, 0.1) is 20.8 Å². The molecular weight excluding hydrogens is 258 g/mol. The van der Waals surface area contributed by atoms with Crippen molar-refractivity contribution >= 4 is 0 Å². The van der Waals surface area contributed by atoms with Crippen molar-refractivity contribution in [1.82, 2.24) is 15.1 Å². The van der Waals surface area contributed by atoms with Crippen LogP contribution in [0.2, 0.25) is 0 Å². The number of benzene rings is 1. The second-order valence-electron chi connectivity index (χ2n) is 5.77. The lowest BCUT2D eigenvalue weighted by Gasteiger charge is -2.22. The van der Waals surface area contributed by atoms with E-state index in [2.05, 4.69) is 74.0 Å². The molecule has 1 atom stereocenters. The number of hydrogen-bond donors (Lipinski definition) is 1. The first-order valence-corrected chi connectivity index (χ1v) is 7.91. The van der Waals surface area contributed by atoms with Gasteiger partial charge in [0.05, 0.1) is 17.4 Å². The molecule has 0 aliphatic heterocycles. The van der Waals surface area contributed by atoms with Crippen molar-refractivity contribution in [2.75, 3.05) is 6.54 Å². The molecule has 0 saturated carbocycles. The number of aryl methyl sites for hydroxylation is 4. The quantitative estimate of drug-likeness (QED) is 0.872. The molecule has 0 fully saturated rings. The highest BCUT2D eigenvalue weighted by atomic mass is 15.3. The summed E-state index contributed by atoms with van der Waals surface area (Å²) in [7, 11) is 0. The second-order valence-corrected chi connectivity index (χ2v) is 5.77. The van der Waals surface area contributed by atoms with E-state index in [4.69, 9.17) is 0 Å². The minimum absolute atomic E-state index is 0.214. The minimum Gasteiger partial charge on any atom is -0.305 e. The normalized spacial score (nSPS) is 12.6. The number of nitrogens with one attached hydrogen (secondary N) is 1. The minimum atomic E-state index is 0.214. The maximum atomic E-state index is 4.61. The molecule has 0 saturated heterocycles. The summed E-state index contributed by atoms with van der Waals surface area (Å²) in [6.07, 6.45) is 1.13. The summed E-state index contributed by atoms with van der Waals surface area (Å²) in [4.78, 5) is 0. The van der Waals surface area contributed by atoms with Crippen molar-refractivity contribution in [2.45, 2.75) is 53.6 Å². The van der Waals surface area contributed by atoms with E-state index in [0.29, 0.717) is 0 Å². The fourth-order valence-corrected chi connectivity index (χ4v) is 2.78. The van der Waals surface area contributed by atoms with Gasteiger partial charge in [0.1, 0.15) is 0 Å². The molecule has 1 aromatic carbocycles. The van der Waals surface area contributed by atoms with Crippen LogP contribution in [-0.4, -0.2) is 16.3 Å². The Morgan fingerprint density at radius 3 is 2.57 bits per heavy atom. The number of hydrogen-bond acceptors (Lipinski definition) is 2. The molecular formula is C18H27N3. The summed E-state index contributed by atoms with van der Waals surface area (Å²) >= 11 is 0. The maximum absolute atomic E-state index is 4.61. The van der Waals surface area contributed by atoms with E-state index < -0.39 is 0 Å². The average molecular weight is 285 g/mol. The highest BCUT2D eigenvalue weighted by Gasteiger charge is 2.20. The first-order chi connectivity index (χ1) is 10.1. The molecule has 1 unspecified atom stereocenters. The molecule has 3 nitrogen and oxygen atoms in total. The first-order valence-electron chi connectivity index (χ1n) is 7.91. The summed E-state index contributed by atoms with van der Waals surface area (Å²) in [5, 5.41) is 8.31. The Balaban J connectivity index is 2.49. The molecule has 1 aromatic heterocycles. The van der Waals surface area contributed by atoms with Gasteiger partial charge in [-0.2, -0.15) is 5.10 Å². The van der Waals surface area contributed by atoms with Gasteiger partial charge in [0, 0.05) is 6.54 Å². The Hall–Kier alpha value is -1.61. The second kappa shape index (κ2) is 6.90. The third-order valence-corrected chi connectivity index (χ3v) is 3.87. The third-order valence-electron chi connectivity index (χ3n) is 3.87. The lowest BCUT2D eigenvalue weighted by Crippen LogP contribution is -2.26. The molecule has 0 aliphatic rings. The van der Waals surface area contributed by atoms with Gasteiger partial charge >= 0.3 is 0 Å². The van der Waals surface area contributed by atoms with Crippen LogP contribution in [0.5, 0.6) is 0 Å². The van der Waals surface area contributed by atoms with Crippen molar-refractivity contribution in [1.29, 1.82) is 0 Å². The van der Waals surface area contributed by atoms with E-state index in [1.165, 1.54) is 22.4 Å². The zero-order valence-corrected chi connectivity index (χ0v) is 13.9. The lowest BCUT2D eigenvalue weighted by molar-refractivity contribution is 0.527. The highest BCUT2D eigenvalue weighted by Crippen LogP contribution is 2.26. The first kappa shape index (κ1) is 15.8. The van der Waals surface area contributed by atoms with Gasteiger partial charge in [0.2, 0.25) is 0 Å². The van der Waals surface area contributed by atoms with E-state index in [-0.39, 0.29) is 6.04 Å². The van der Waals surface area contributed by atoms with Gasteiger partial charge in [-0.3, -0.25) is 4.68 Å². The Morgan fingerprint density at radius 2 is 1.90 bits per heavy atom. The lowest BCUT2D eigenvalue weighted by atomic mass is 9.96. The third kappa shape index (κ3) is 3.53. The molecule has 1 heterocycles. The maximum Gasteiger partial charge on any atom is 0.0751 e. The SMILES string of the molecule is CCCNC(c1cc(C)ccc1C)c1cc(C)nn1CC. The summed E-state index contributed by atoms with van der Waals surface area (Å²) in [6.45, 7) is 12.7. The summed E-state index contributed by atoms with van der Waals surface area (Å²) in [5.41, 5.74) is 6.34. The Bertz CT molecular complexity index is 599. The monoisotopic (exact) mass is 285 g/mol. The number of aromatic nitrogens is 2. The number of nitrogens with zero attached hydrogens (tertiary/aromatic N) is 2. The summed E-state index contributed by atoms with van der Waals surface area (Å²) in [5.74, 6) is 0. The van der Waals surface area contributed by atoms with E-state index >= 15 is 0 Å². The van der Waals surface area contributed by atoms with Crippen molar-refractivity contribution in [3.63, 3.8) is 0 Å². The molecule has 0 aliphatic carbocycles. The van der Waals surface area contributed by atoms with Gasteiger partial charge < -0.3 is 5.32 Å². The van der Waals surface area contributed by atoms with Crippen LogP contribution in [0.4, 0.5) is 0 Å². The number of rotatable bonds is 6. The predicted octanol–water partition coefficient (Wildman–Crippen LogP) is 3.92. The molecule has 3 heteroatoms. The summed E-state index contributed by atoms with van der Waals surface area (Å²) < 4.78 is 2.12. The van der Waals surface area contributed by atoms with Gasteiger partial charge in [0.15, 0.2) is 0 Å². The Morgan fingerprint density at radius 1 is 1.14 bits per heavy atom. The fourth-order valence-electron chi connectivity index (χ4n) is 2.78. The van der Waals surface area contributed by atoms with Crippen LogP contribution in [0.3, 0.4) is 0 Å². The van der Waals surface area contributed by atoms with Gasteiger partial charge in [-0.15, -0.1) is 0 Å². The molecule has 2 aromatic rings. The summed E-state index contributed by atoms with van der Waals surface area (Å²) in [6, 6.07) is 9.11. The molecule has 114 valence electrons. The van der Waals surface area contributed by atoms with Crippen LogP contribution < -0.4 is 5.32 Å². The molecule has 21 heavy (non-hydrogen) atoms. The predicted molar refractivity (Wildman–Crippen MR) is 88.7 cm³/mol. The van der Waals surface area contributed by atoms with E-state index in [9.17, 15) is 0 Å². The van der Waals surface area contributed by atoms with Gasteiger partial charge in [0.25, 0.3) is 0 Å². The van der Waals surface area contributed by atoms with Crippen molar-refractivity contribution in [2.24, 2.45) is 0 Å². The van der Waals surface area contributed by atoms with Gasteiger partial charge in [-0.05, 0) is 57.9 Å². The van der Waals surface area contributed by atoms with Crippen LogP contribution >= 0.6 is 0 Å². The van der Waals surface area contributed by atoms with Crippen molar-refractivity contribution < 1.29 is 0 Å². The average Bonchev–Trinajstić information content (AvgIpc) is 2.84. The largest absolute Gasteiger partial charge is 0.305 e. The molecule has 0 bridgehead atoms. The molecule has 2 rings (SSSR count). The molecule has 0 amide bonds. The van der Waals surface area contributed by atoms with E-state index in [0.717, 1.165) is 25.2 Å². The standard InChI is InChI=1S/C18H27N3/c1-6-10-19-18(16-11-13(3)8-9-14(16)4)17-12-15(5)20-21(17)7-2/h8-9,11-12,18-19H,6-7,10H2,1-5H3. The van der Waals surface area contributed by atoms with Crippen LogP contribution in [0.25, 0.3) is 0 Å². The van der Waals surface area contributed by atoms with Crippen LogP contribution in [-0.2, 0) is 6.54 Å². The molecule has 1 N–H and O–H groups in total. The molecule has 0 radical (unpaired) electrons. The smallest absolute Gasteiger partial charge is 0.0751 e. The fraction of sp³-hybridized carbons (Fsp3) is 0.500.